The second-order valence-corrected chi connectivity index (χ2v) is 5.36. The van der Waals surface area contributed by atoms with Gasteiger partial charge in [-0.2, -0.15) is 0 Å². The maximum Gasteiger partial charge on any atom is 0.0170 e. The molecule has 0 fully saturated rings. The van der Waals surface area contributed by atoms with E-state index in [0.29, 0.717) is 11.8 Å². The monoisotopic (exact) mass is 213 g/mol. The van der Waals surface area contributed by atoms with Crippen LogP contribution in [0.5, 0.6) is 0 Å². The molecule has 0 saturated carbocycles. The van der Waals surface area contributed by atoms with Crippen LogP contribution in [0.3, 0.4) is 0 Å². The van der Waals surface area contributed by atoms with Gasteiger partial charge in [-0.15, -0.1) is 0 Å². The quantitative estimate of drug-likeness (QED) is 0.672. The second kappa shape index (κ2) is 4.08. The Labute approximate surface area is 99.4 Å². The topological polar surface area (TPSA) is 0 Å². The number of allylic oxidation sites excluding steroid dienone is 2. The maximum absolute atomic E-state index is 2.38. The Hall–Kier alpha value is -1.04. The van der Waals surface area contributed by atoms with Crippen molar-refractivity contribution in [1.82, 2.24) is 0 Å². The molecule has 2 rings (SSSR count). The fourth-order valence-corrected chi connectivity index (χ4v) is 2.67. The standard InChI is InChI=1S/C16H21/c1-10(2)14-9-13-8-6-7-12(5)16(13)15(14)11(3)4/h6-11H,1-5H3. The predicted octanol–water partition coefficient (Wildman–Crippen LogP) is 4.63. The van der Waals surface area contributed by atoms with Gasteiger partial charge in [0.15, 0.2) is 0 Å². The van der Waals surface area contributed by atoms with Crippen LogP contribution in [0.2, 0.25) is 0 Å². The molecule has 1 radical (unpaired) electrons. The molecule has 0 saturated heterocycles. The van der Waals surface area contributed by atoms with E-state index in [2.05, 4.69) is 59.2 Å². The zero-order valence-corrected chi connectivity index (χ0v) is 11.0. The van der Waals surface area contributed by atoms with Gasteiger partial charge in [-0.3, -0.25) is 0 Å². The molecular weight excluding hydrogens is 192 g/mol. The molecule has 1 aliphatic rings. The molecule has 0 aromatic heterocycles. The highest BCUT2D eigenvalue weighted by Gasteiger charge is 2.26. The molecule has 16 heavy (non-hydrogen) atoms. The third-order valence-corrected chi connectivity index (χ3v) is 3.40. The van der Waals surface area contributed by atoms with Crippen LogP contribution in [0.15, 0.2) is 23.8 Å². The summed E-state index contributed by atoms with van der Waals surface area (Å²) in [6.07, 6.45) is 2.38. The fraction of sp³-hybridized carbons (Fsp3) is 0.438. The van der Waals surface area contributed by atoms with Gasteiger partial charge in [0.1, 0.15) is 0 Å². The number of rotatable bonds is 2. The van der Waals surface area contributed by atoms with E-state index in [1.807, 2.05) is 0 Å². The first-order chi connectivity index (χ1) is 7.52. The van der Waals surface area contributed by atoms with Gasteiger partial charge in [0.05, 0.1) is 0 Å². The van der Waals surface area contributed by atoms with E-state index in [9.17, 15) is 0 Å². The lowest BCUT2D eigenvalue weighted by molar-refractivity contribution is 0.762. The third-order valence-electron chi connectivity index (χ3n) is 3.40. The highest BCUT2D eigenvalue weighted by molar-refractivity contribution is 5.83. The first-order valence-electron chi connectivity index (χ1n) is 6.21. The van der Waals surface area contributed by atoms with Crippen molar-refractivity contribution in [3.05, 3.63) is 46.9 Å². The van der Waals surface area contributed by atoms with E-state index in [1.54, 1.807) is 5.57 Å². The zero-order chi connectivity index (χ0) is 11.9. The molecule has 0 aliphatic heterocycles. The fourth-order valence-electron chi connectivity index (χ4n) is 2.67. The van der Waals surface area contributed by atoms with Gasteiger partial charge in [0.2, 0.25) is 0 Å². The van der Waals surface area contributed by atoms with Crippen LogP contribution in [0.25, 0.3) is 5.57 Å². The van der Waals surface area contributed by atoms with Crippen molar-refractivity contribution < 1.29 is 0 Å². The second-order valence-electron chi connectivity index (χ2n) is 5.36. The average Bonchev–Trinajstić information content (AvgIpc) is 2.58. The Morgan fingerprint density at radius 1 is 0.938 bits per heavy atom. The summed E-state index contributed by atoms with van der Waals surface area (Å²) < 4.78 is 0. The molecule has 1 aliphatic carbocycles. The van der Waals surface area contributed by atoms with E-state index in [1.165, 1.54) is 22.3 Å². The van der Waals surface area contributed by atoms with Gasteiger partial charge in [0, 0.05) is 6.42 Å². The number of aryl methyl sites for hydroxylation is 1. The van der Waals surface area contributed by atoms with Gasteiger partial charge in [-0.05, 0) is 41.0 Å². The minimum Gasteiger partial charge on any atom is -0.0617 e. The molecule has 0 heteroatoms. The van der Waals surface area contributed by atoms with Gasteiger partial charge < -0.3 is 0 Å². The molecule has 0 nitrogen and oxygen atoms in total. The number of hydrogen-bond acceptors (Lipinski definition) is 0. The van der Waals surface area contributed by atoms with Crippen LogP contribution < -0.4 is 0 Å². The van der Waals surface area contributed by atoms with E-state index in [4.69, 9.17) is 0 Å². The Bertz CT molecular complexity index is 433. The third kappa shape index (κ3) is 1.71. The Morgan fingerprint density at radius 2 is 1.62 bits per heavy atom. The van der Waals surface area contributed by atoms with Crippen molar-refractivity contribution in [1.29, 1.82) is 0 Å². The number of fused-ring (bicyclic) bond motifs is 1. The van der Waals surface area contributed by atoms with Crippen LogP contribution >= 0.6 is 0 Å². The molecule has 0 bridgehead atoms. The summed E-state index contributed by atoms with van der Waals surface area (Å²) in [5.74, 6) is 1.22. The summed E-state index contributed by atoms with van der Waals surface area (Å²) in [6.45, 7) is 11.4. The minimum atomic E-state index is 0.607. The first kappa shape index (κ1) is 11.4. The maximum atomic E-state index is 2.38. The predicted molar refractivity (Wildman–Crippen MR) is 71.2 cm³/mol. The Kier molecular flexibility index (Phi) is 2.92. The summed E-state index contributed by atoms with van der Waals surface area (Å²) in [5, 5.41) is 0. The molecule has 0 atom stereocenters. The lowest BCUT2D eigenvalue weighted by atomic mass is 9.89. The van der Waals surface area contributed by atoms with E-state index in [0.717, 1.165) is 0 Å². The first-order valence-corrected chi connectivity index (χ1v) is 6.21. The Morgan fingerprint density at radius 3 is 2.19 bits per heavy atom. The molecule has 0 amide bonds. The van der Waals surface area contributed by atoms with Crippen LogP contribution in [0, 0.1) is 25.2 Å². The largest absolute Gasteiger partial charge is 0.0617 e. The molecular formula is C16H21. The smallest absolute Gasteiger partial charge is 0.0170 e. The lowest BCUT2D eigenvalue weighted by Crippen LogP contribution is -1.99. The van der Waals surface area contributed by atoms with Crippen LogP contribution in [-0.4, -0.2) is 0 Å². The van der Waals surface area contributed by atoms with Crippen LogP contribution in [-0.2, 0) is 0 Å². The van der Waals surface area contributed by atoms with Crippen molar-refractivity contribution >= 4 is 5.57 Å². The van der Waals surface area contributed by atoms with Crippen molar-refractivity contribution in [2.75, 3.05) is 0 Å². The lowest BCUT2D eigenvalue weighted by Gasteiger charge is -2.16. The zero-order valence-electron chi connectivity index (χ0n) is 11.0. The van der Waals surface area contributed by atoms with Crippen molar-refractivity contribution in [2.45, 2.75) is 34.6 Å². The van der Waals surface area contributed by atoms with E-state index in [-0.39, 0.29) is 0 Å². The summed E-state index contributed by atoms with van der Waals surface area (Å²) >= 11 is 0. The highest BCUT2D eigenvalue weighted by atomic mass is 14.3. The molecule has 0 spiro atoms. The van der Waals surface area contributed by atoms with Gasteiger partial charge in [-0.25, -0.2) is 0 Å². The molecule has 0 N–H and O–H groups in total. The number of benzene rings is 1. The normalized spacial score (nSPS) is 15.2. The highest BCUT2D eigenvalue weighted by Crippen LogP contribution is 2.43. The summed E-state index contributed by atoms with van der Waals surface area (Å²) in [4.78, 5) is 0. The van der Waals surface area contributed by atoms with Gasteiger partial charge >= 0.3 is 0 Å². The van der Waals surface area contributed by atoms with Crippen molar-refractivity contribution in [3.8, 4) is 0 Å². The van der Waals surface area contributed by atoms with E-state index >= 15 is 0 Å². The summed E-state index contributed by atoms with van der Waals surface area (Å²) in [5.41, 5.74) is 7.39. The molecule has 1 aromatic carbocycles. The SMILES string of the molecule is Cc1cccc2c1C(C(C)C)=C(C(C)C)[CH]2. The van der Waals surface area contributed by atoms with Crippen LogP contribution in [0.4, 0.5) is 0 Å². The van der Waals surface area contributed by atoms with Crippen LogP contribution in [0.1, 0.15) is 44.4 Å². The van der Waals surface area contributed by atoms with E-state index < -0.39 is 0 Å². The molecule has 0 unspecified atom stereocenters. The molecule has 0 heterocycles. The van der Waals surface area contributed by atoms with Gasteiger partial charge in [0.25, 0.3) is 0 Å². The molecule has 1 aromatic rings. The van der Waals surface area contributed by atoms with Crippen molar-refractivity contribution in [2.24, 2.45) is 11.8 Å². The minimum absolute atomic E-state index is 0.607. The Balaban J connectivity index is 2.61. The summed E-state index contributed by atoms with van der Waals surface area (Å²) in [6, 6.07) is 6.62. The van der Waals surface area contributed by atoms with Crippen molar-refractivity contribution in [3.63, 3.8) is 0 Å². The molecule has 85 valence electrons. The summed E-state index contributed by atoms with van der Waals surface area (Å²) in [7, 11) is 0. The average molecular weight is 213 g/mol. The number of hydrogen-bond donors (Lipinski definition) is 0. The van der Waals surface area contributed by atoms with Gasteiger partial charge in [-0.1, -0.05) is 51.5 Å².